The van der Waals surface area contributed by atoms with Crippen LogP contribution in [0.4, 0.5) is 0 Å². The average molecular weight is 281 g/mol. The molecule has 0 amide bonds. The van der Waals surface area contributed by atoms with Crippen LogP contribution in [0.1, 0.15) is 29.4 Å². The van der Waals surface area contributed by atoms with Gasteiger partial charge >= 0.3 is 0 Å². The van der Waals surface area contributed by atoms with Gasteiger partial charge in [0.05, 0.1) is 23.6 Å². The predicted octanol–water partition coefficient (Wildman–Crippen LogP) is 2.10. The molecule has 0 N–H and O–H groups in total. The second-order valence-electron chi connectivity index (χ2n) is 4.68. The van der Waals surface area contributed by atoms with Crippen LogP contribution in [0.3, 0.4) is 0 Å². The third kappa shape index (κ3) is 2.60. The fourth-order valence-electron chi connectivity index (χ4n) is 2.12. The van der Waals surface area contributed by atoms with Gasteiger partial charge in [0.1, 0.15) is 5.69 Å². The van der Waals surface area contributed by atoms with E-state index in [2.05, 4.69) is 15.4 Å². The monoisotopic (exact) mass is 281 g/mol. The largest absolute Gasteiger partial charge is 0.287 e. The van der Waals surface area contributed by atoms with Gasteiger partial charge in [-0.15, -0.1) is 5.10 Å². The van der Waals surface area contributed by atoms with Gasteiger partial charge in [0.25, 0.3) is 0 Å². The third-order valence-corrected chi connectivity index (χ3v) is 3.15. The van der Waals surface area contributed by atoms with Crippen molar-refractivity contribution in [1.82, 2.24) is 24.8 Å². The summed E-state index contributed by atoms with van der Waals surface area (Å²) in [7, 11) is 0. The van der Waals surface area contributed by atoms with Gasteiger partial charge in [0.2, 0.25) is 5.78 Å². The Balaban J connectivity index is 1.89. The number of carbonyl (C=O) groups is 1. The van der Waals surface area contributed by atoms with E-state index in [1.807, 2.05) is 37.3 Å². The highest BCUT2D eigenvalue weighted by atomic mass is 16.1. The first-order valence-corrected chi connectivity index (χ1v) is 6.83. The van der Waals surface area contributed by atoms with E-state index in [1.54, 1.807) is 21.8 Å². The fraction of sp³-hybridized carbons (Fsp3) is 0.200. The lowest BCUT2D eigenvalue weighted by Crippen LogP contribution is -2.11. The molecule has 2 heterocycles. The molecule has 0 radical (unpaired) electrons. The molecule has 0 atom stereocenters. The number of benzene rings is 1. The number of ketones is 1. The van der Waals surface area contributed by atoms with Gasteiger partial charge < -0.3 is 0 Å². The molecule has 21 heavy (non-hydrogen) atoms. The standard InChI is InChI=1S/C15H15N5O/c1-2-8-19-14(10-16-18-19)15(21)12-9-17-20(11-12)13-6-4-3-5-7-13/h3-7,9-11H,2,8H2,1H3. The van der Waals surface area contributed by atoms with Crippen LogP contribution in [0.2, 0.25) is 0 Å². The molecule has 0 bridgehead atoms. The molecule has 6 heteroatoms. The van der Waals surface area contributed by atoms with Crippen molar-refractivity contribution in [3.8, 4) is 5.69 Å². The van der Waals surface area contributed by atoms with Crippen molar-refractivity contribution < 1.29 is 4.79 Å². The zero-order valence-corrected chi connectivity index (χ0v) is 11.7. The molecule has 6 nitrogen and oxygen atoms in total. The minimum absolute atomic E-state index is 0.115. The summed E-state index contributed by atoms with van der Waals surface area (Å²) in [6.45, 7) is 2.71. The smallest absolute Gasteiger partial charge is 0.215 e. The summed E-state index contributed by atoms with van der Waals surface area (Å²) in [5.41, 5.74) is 1.93. The maximum absolute atomic E-state index is 12.5. The first kappa shape index (κ1) is 13.2. The summed E-state index contributed by atoms with van der Waals surface area (Å²) in [6.07, 6.45) is 5.68. The Kier molecular flexibility index (Phi) is 3.59. The number of aryl methyl sites for hydroxylation is 1. The van der Waals surface area contributed by atoms with Crippen LogP contribution in [0.5, 0.6) is 0 Å². The van der Waals surface area contributed by atoms with E-state index in [0.717, 1.165) is 12.1 Å². The Bertz CT molecular complexity index is 744. The summed E-state index contributed by atoms with van der Waals surface area (Å²) in [4.78, 5) is 12.5. The Morgan fingerprint density at radius 1 is 1.19 bits per heavy atom. The summed E-state index contributed by atoms with van der Waals surface area (Å²) in [5.74, 6) is -0.115. The number of carbonyl (C=O) groups excluding carboxylic acids is 1. The van der Waals surface area contributed by atoms with Crippen molar-refractivity contribution in [3.63, 3.8) is 0 Å². The number of para-hydroxylation sites is 1. The number of hydrogen-bond donors (Lipinski definition) is 0. The second-order valence-corrected chi connectivity index (χ2v) is 4.68. The van der Waals surface area contributed by atoms with E-state index in [0.29, 0.717) is 17.8 Å². The number of aromatic nitrogens is 5. The molecule has 3 aromatic rings. The third-order valence-electron chi connectivity index (χ3n) is 3.15. The van der Waals surface area contributed by atoms with Crippen molar-refractivity contribution in [2.24, 2.45) is 0 Å². The zero-order valence-electron chi connectivity index (χ0n) is 11.7. The van der Waals surface area contributed by atoms with Crippen LogP contribution in [-0.2, 0) is 6.54 Å². The van der Waals surface area contributed by atoms with Crippen molar-refractivity contribution in [2.75, 3.05) is 0 Å². The highest BCUT2D eigenvalue weighted by molar-refractivity contribution is 6.07. The maximum Gasteiger partial charge on any atom is 0.215 e. The molecule has 1 aromatic carbocycles. The highest BCUT2D eigenvalue weighted by Crippen LogP contribution is 2.12. The summed E-state index contributed by atoms with van der Waals surface area (Å²) >= 11 is 0. The molecule has 0 aliphatic rings. The van der Waals surface area contributed by atoms with E-state index in [-0.39, 0.29) is 5.78 Å². The first-order valence-electron chi connectivity index (χ1n) is 6.83. The highest BCUT2D eigenvalue weighted by Gasteiger charge is 2.17. The lowest BCUT2D eigenvalue weighted by atomic mass is 10.2. The van der Waals surface area contributed by atoms with Gasteiger partial charge in [-0.25, -0.2) is 9.36 Å². The molecule has 3 rings (SSSR count). The van der Waals surface area contributed by atoms with E-state index in [4.69, 9.17) is 0 Å². The van der Waals surface area contributed by atoms with Crippen molar-refractivity contribution in [1.29, 1.82) is 0 Å². The van der Waals surface area contributed by atoms with E-state index >= 15 is 0 Å². The summed E-state index contributed by atoms with van der Waals surface area (Å²) < 4.78 is 3.31. The van der Waals surface area contributed by atoms with Gasteiger partial charge in [0, 0.05) is 12.7 Å². The molecule has 0 aliphatic carbocycles. The summed E-state index contributed by atoms with van der Waals surface area (Å²) in [6, 6.07) is 9.67. The normalized spacial score (nSPS) is 10.7. The second kappa shape index (κ2) is 5.70. The molecule has 0 aliphatic heterocycles. The van der Waals surface area contributed by atoms with Crippen LogP contribution < -0.4 is 0 Å². The molecule has 0 unspecified atom stereocenters. The minimum atomic E-state index is -0.115. The molecule has 2 aromatic heterocycles. The van der Waals surface area contributed by atoms with Crippen LogP contribution in [0.25, 0.3) is 5.69 Å². The molecule has 0 saturated heterocycles. The van der Waals surface area contributed by atoms with Crippen LogP contribution in [0.15, 0.2) is 48.9 Å². The van der Waals surface area contributed by atoms with Gasteiger partial charge in [-0.05, 0) is 18.6 Å². The summed E-state index contributed by atoms with van der Waals surface area (Å²) in [5, 5.41) is 12.0. The van der Waals surface area contributed by atoms with E-state index in [9.17, 15) is 4.79 Å². The fourth-order valence-corrected chi connectivity index (χ4v) is 2.12. The Morgan fingerprint density at radius 3 is 2.76 bits per heavy atom. The van der Waals surface area contributed by atoms with Crippen molar-refractivity contribution >= 4 is 5.78 Å². The molecule has 0 saturated carbocycles. The Morgan fingerprint density at radius 2 is 2.00 bits per heavy atom. The number of hydrogen-bond acceptors (Lipinski definition) is 4. The van der Waals surface area contributed by atoms with Gasteiger partial charge in [0.15, 0.2) is 0 Å². The van der Waals surface area contributed by atoms with Crippen LogP contribution in [-0.4, -0.2) is 30.6 Å². The number of nitrogens with zero attached hydrogens (tertiary/aromatic N) is 5. The van der Waals surface area contributed by atoms with E-state index in [1.165, 1.54) is 6.20 Å². The molecule has 0 fully saturated rings. The predicted molar refractivity (Wildman–Crippen MR) is 77.3 cm³/mol. The maximum atomic E-state index is 12.5. The van der Waals surface area contributed by atoms with Crippen molar-refractivity contribution in [2.45, 2.75) is 19.9 Å². The molecular formula is C15H15N5O. The van der Waals surface area contributed by atoms with Crippen LogP contribution >= 0.6 is 0 Å². The average Bonchev–Trinajstić information content (AvgIpc) is 3.17. The number of rotatable bonds is 5. The Hall–Kier alpha value is -2.76. The van der Waals surface area contributed by atoms with Crippen LogP contribution in [0, 0.1) is 0 Å². The lowest BCUT2D eigenvalue weighted by Gasteiger charge is -2.02. The molecular weight excluding hydrogens is 266 g/mol. The quantitative estimate of drug-likeness (QED) is 0.672. The topological polar surface area (TPSA) is 65.6 Å². The van der Waals surface area contributed by atoms with Gasteiger partial charge in [-0.2, -0.15) is 5.10 Å². The minimum Gasteiger partial charge on any atom is -0.287 e. The first-order chi connectivity index (χ1) is 10.3. The van der Waals surface area contributed by atoms with E-state index < -0.39 is 0 Å². The lowest BCUT2D eigenvalue weighted by molar-refractivity contribution is 0.102. The zero-order chi connectivity index (χ0) is 14.7. The molecule has 106 valence electrons. The van der Waals surface area contributed by atoms with Gasteiger partial charge in [-0.3, -0.25) is 4.79 Å². The Labute approximate surface area is 122 Å². The van der Waals surface area contributed by atoms with Gasteiger partial charge in [-0.1, -0.05) is 30.3 Å². The SMILES string of the molecule is CCCn1nncc1C(=O)c1cnn(-c2ccccc2)c1. The van der Waals surface area contributed by atoms with Crippen molar-refractivity contribution in [3.05, 3.63) is 60.2 Å². The molecule has 0 spiro atoms.